The average molecular weight is 153 g/mol. The Hall–Kier alpha value is -0.570. The first-order valence-electron chi connectivity index (χ1n) is 4.16. The van der Waals surface area contributed by atoms with Gasteiger partial charge in [-0.3, -0.25) is 9.69 Å². The van der Waals surface area contributed by atoms with Gasteiger partial charge in [-0.05, 0) is 38.3 Å². The number of carbonyl (C=O) groups excluding carboxylic acids is 1. The van der Waals surface area contributed by atoms with Gasteiger partial charge in [-0.1, -0.05) is 0 Å². The maximum absolute atomic E-state index is 10.9. The van der Waals surface area contributed by atoms with Crippen LogP contribution in [0.2, 0.25) is 0 Å². The number of nitrogens with two attached hydrogens (primary N) is 1. The molecule has 0 saturated carbocycles. The molecule has 3 saturated heterocycles. The standard InChI is InChI=1S/C8H13N2O/c9-8(11)7-5-6-1-3-10(7)4-2-6/h5-7H,1-4H2,(H2,9,11)/t7-/m0/s1. The summed E-state index contributed by atoms with van der Waals surface area (Å²) >= 11 is 0. The molecule has 2 N–H and O–H groups in total. The van der Waals surface area contributed by atoms with Crippen molar-refractivity contribution in [2.24, 2.45) is 11.7 Å². The lowest BCUT2D eigenvalue weighted by Crippen LogP contribution is -2.54. The van der Waals surface area contributed by atoms with E-state index in [9.17, 15) is 4.79 Å². The summed E-state index contributed by atoms with van der Waals surface area (Å²) in [7, 11) is 0. The maximum Gasteiger partial charge on any atom is 0.235 e. The normalized spacial score (nSPS) is 42.4. The molecule has 0 spiro atoms. The molecule has 3 nitrogen and oxygen atoms in total. The van der Waals surface area contributed by atoms with Crippen molar-refractivity contribution in [1.82, 2.24) is 4.90 Å². The average Bonchev–Trinajstić information content (AvgIpc) is 2.06. The largest absolute Gasteiger partial charge is 0.368 e. The second-order valence-corrected chi connectivity index (χ2v) is 3.41. The SMILES string of the molecule is NC(=O)[C@@H]1[CH]C2CCN1CC2. The Labute approximate surface area is 66.5 Å². The third kappa shape index (κ3) is 1.13. The number of rotatable bonds is 1. The van der Waals surface area contributed by atoms with Crippen LogP contribution in [0.1, 0.15) is 12.8 Å². The number of fused-ring (bicyclic) bond motifs is 3. The van der Waals surface area contributed by atoms with E-state index >= 15 is 0 Å². The Bertz CT molecular complexity index is 173. The van der Waals surface area contributed by atoms with E-state index in [1.807, 2.05) is 0 Å². The minimum atomic E-state index is -0.186. The Morgan fingerprint density at radius 2 is 2.09 bits per heavy atom. The summed E-state index contributed by atoms with van der Waals surface area (Å²) in [4.78, 5) is 13.1. The number of piperidine rings is 3. The molecule has 3 aliphatic rings. The summed E-state index contributed by atoms with van der Waals surface area (Å²) in [6, 6.07) is -0.0671. The molecule has 1 atom stereocenters. The topological polar surface area (TPSA) is 46.3 Å². The van der Waals surface area contributed by atoms with E-state index in [4.69, 9.17) is 5.73 Å². The van der Waals surface area contributed by atoms with Crippen LogP contribution in [0.15, 0.2) is 0 Å². The monoisotopic (exact) mass is 153 g/mol. The lowest BCUT2D eigenvalue weighted by Gasteiger charge is -2.43. The second-order valence-electron chi connectivity index (χ2n) is 3.41. The van der Waals surface area contributed by atoms with Gasteiger partial charge in [0.15, 0.2) is 0 Å². The van der Waals surface area contributed by atoms with Crippen LogP contribution in [0.25, 0.3) is 0 Å². The first-order chi connectivity index (χ1) is 5.27. The molecule has 3 fully saturated rings. The van der Waals surface area contributed by atoms with Crippen LogP contribution in [0.3, 0.4) is 0 Å². The maximum atomic E-state index is 10.9. The predicted molar refractivity (Wildman–Crippen MR) is 41.6 cm³/mol. The molecular weight excluding hydrogens is 140 g/mol. The van der Waals surface area contributed by atoms with Gasteiger partial charge in [0.2, 0.25) is 5.91 Å². The second kappa shape index (κ2) is 2.48. The summed E-state index contributed by atoms with van der Waals surface area (Å²) in [6.45, 7) is 2.10. The number of hydrogen-bond acceptors (Lipinski definition) is 2. The molecular formula is C8H13N2O. The molecule has 61 valence electrons. The fourth-order valence-electron chi connectivity index (χ4n) is 2.04. The van der Waals surface area contributed by atoms with Crippen LogP contribution in [0.4, 0.5) is 0 Å². The first-order valence-corrected chi connectivity index (χ1v) is 4.16. The lowest BCUT2D eigenvalue weighted by molar-refractivity contribution is -0.124. The van der Waals surface area contributed by atoms with Crippen LogP contribution in [-0.2, 0) is 4.79 Å². The van der Waals surface area contributed by atoms with Crippen LogP contribution < -0.4 is 5.73 Å². The van der Waals surface area contributed by atoms with Gasteiger partial charge >= 0.3 is 0 Å². The molecule has 0 aromatic heterocycles. The molecule has 2 bridgehead atoms. The van der Waals surface area contributed by atoms with E-state index in [1.165, 1.54) is 12.8 Å². The Morgan fingerprint density at radius 3 is 2.36 bits per heavy atom. The van der Waals surface area contributed by atoms with Crippen molar-refractivity contribution in [3.8, 4) is 0 Å². The van der Waals surface area contributed by atoms with Gasteiger partial charge in [-0.2, -0.15) is 0 Å². The highest BCUT2D eigenvalue weighted by atomic mass is 16.1. The van der Waals surface area contributed by atoms with Crippen molar-refractivity contribution in [2.75, 3.05) is 13.1 Å². The molecule has 0 aromatic rings. The van der Waals surface area contributed by atoms with Gasteiger partial charge in [0.25, 0.3) is 0 Å². The van der Waals surface area contributed by atoms with Crippen molar-refractivity contribution < 1.29 is 4.79 Å². The third-order valence-electron chi connectivity index (χ3n) is 2.71. The third-order valence-corrected chi connectivity index (χ3v) is 2.71. The highest BCUT2D eigenvalue weighted by Crippen LogP contribution is 2.30. The molecule has 3 heteroatoms. The van der Waals surface area contributed by atoms with Crippen LogP contribution in [0, 0.1) is 12.3 Å². The predicted octanol–water partition coefficient (Wildman–Crippen LogP) is -0.230. The van der Waals surface area contributed by atoms with E-state index < -0.39 is 0 Å². The molecule has 0 aromatic carbocycles. The molecule has 11 heavy (non-hydrogen) atoms. The molecule has 3 rings (SSSR count). The fourth-order valence-corrected chi connectivity index (χ4v) is 2.04. The van der Waals surface area contributed by atoms with Crippen molar-refractivity contribution in [3.63, 3.8) is 0 Å². The zero-order chi connectivity index (χ0) is 7.84. The van der Waals surface area contributed by atoms with E-state index in [-0.39, 0.29) is 11.9 Å². The minimum Gasteiger partial charge on any atom is -0.368 e. The van der Waals surface area contributed by atoms with Gasteiger partial charge < -0.3 is 5.73 Å². The van der Waals surface area contributed by atoms with Crippen molar-refractivity contribution in [1.29, 1.82) is 0 Å². The van der Waals surface area contributed by atoms with Crippen LogP contribution >= 0.6 is 0 Å². The van der Waals surface area contributed by atoms with Crippen LogP contribution in [-0.4, -0.2) is 29.9 Å². The zero-order valence-electron chi connectivity index (χ0n) is 6.49. The number of amides is 1. The Kier molecular flexibility index (Phi) is 1.60. The van der Waals surface area contributed by atoms with Gasteiger partial charge in [0.05, 0.1) is 6.04 Å². The summed E-state index contributed by atoms with van der Waals surface area (Å²) in [5.74, 6) is 0.465. The van der Waals surface area contributed by atoms with Crippen molar-refractivity contribution in [2.45, 2.75) is 18.9 Å². The van der Waals surface area contributed by atoms with Gasteiger partial charge in [-0.15, -0.1) is 0 Å². The quantitative estimate of drug-likeness (QED) is 0.565. The van der Waals surface area contributed by atoms with Gasteiger partial charge in [0, 0.05) is 0 Å². The first kappa shape index (κ1) is 7.10. The smallest absolute Gasteiger partial charge is 0.235 e. The molecule has 1 radical (unpaired) electrons. The van der Waals surface area contributed by atoms with E-state index in [0.717, 1.165) is 13.1 Å². The zero-order valence-corrected chi connectivity index (χ0v) is 6.49. The number of hydrogen-bond donors (Lipinski definition) is 1. The summed E-state index contributed by atoms with van der Waals surface area (Å²) in [5, 5.41) is 0. The fraction of sp³-hybridized carbons (Fsp3) is 0.750. The van der Waals surface area contributed by atoms with E-state index in [1.54, 1.807) is 0 Å². The van der Waals surface area contributed by atoms with E-state index in [2.05, 4.69) is 11.3 Å². The highest BCUT2D eigenvalue weighted by molar-refractivity contribution is 5.81. The van der Waals surface area contributed by atoms with Crippen molar-refractivity contribution >= 4 is 5.91 Å². The summed E-state index contributed by atoms with van der Waals surface area (Å²) < 4.78 is 0. The van der Waals surface area contributed by atoms with Crippen molar-refractivity contribution in [3.05, 3.63) is 6.42 Å². The number of primary amides is 1. The number of nitrogens with zero attached hydrogens (tertiary/aromatic N) is 1. The van der Waals surface area contributed by atoms with Crippen LogP contribution in [0.5, 0.6) is 0 Å². The summed E-state index contributed by atoms with van der Waals surface area (Å²) in [5.41, 5.74) is 5.24. The molecule has 1 amide bonds. The number of carbonyl (C=O) groups is 1. The molecule has 0 unspecified atom stereocenters. The molecule has 3 aliphatic heterocycles. The Balaban J connectivity index is 2.08. The van der Waals surface area contributed by atoms with Gasteiger partial charge in [0.1, 0.15) is 0 Å². The molecule has 0 aliphatic carbocycles. The lowest BCUT2D eigenvalue weighted by atomic mass is 9.83. The Morgan fingerprint density at radius 1 is 1.45 bits per heavy atom. The highest BCUT2D eigenvalue weighted by Gasteiger charge is 2.36. The minimum absolute atomic E-state index is 0.0671. The molecule has 3 heterocycles. The van der Waals surface area contributed by atoms with Gasteiger partial charge in [-0.25, -0.2) is 0 Å². The summed E-state index contributed by atoms with van der Waals surface area (Å²) in [6.07, 6.45) is 4.53. The van der Waals surface area contributed by atoms with E-state index in [0.29, 0.717) is 5.92 Å².